The molecule has 0 unspecified atom stereocenters. The number of aromatic nitrogens is 2. The average Bonchev–Trinajstić information content (AvgIpc) is 3.35. The van der Waals surface area contributed by atoms with E-state index in [1.807, 2.05) is 6.92 Å². The molecule has 0 aliphatic rings. The summed E-state index contributed by atoms with van der Waals surface area (Å²) in [7, 11) is -1.92. The molecule has 0 saturated carbocycles. The molecule has 35 heavy (non-hydrogen) atoms. The number of thiazole rings is 1. The molecule has 0 saturated heterocycles. The smallest absolute Gasteiger partial charge is 0.339 e. The third kappa shape index (κ3) is 6.04. The van der Waals surface area contributed by atoms with E-state index in [1.54, 1.807) is 23.7 Å². The van der Waals surface area contributed by atoms with Crippen molar-refractivity contribution >= 4 is 49.2 Å². The summed E-state index contributed by atoms with van der Waals surface area (Å²) in [5, 5.41) is 2.29. The van der Waals surface area contributed by atoms with Gasteiger partial charge in [-0.1, -0.05) is 17.7 Å². The lowest BCUT2D eigenvalue weighted by atomic mass is 10.1. The molecule has 1 aromatic carbocycles. The molecule has 2 aromatic heterocycles. The third-order valence-electron chi connectivity index (χ3n) is 5.06. The van der Waals surface area contributed by atoms with Gasteiger partial charge < -0.3 is 14.0 Å². The minimum Gasteiger partial charge on any atom is -0.468 e. The van der Waals surface area contributed by atoms with Crippen molar-refractivity contribution in [2.24, 2.45) is 0 Å². The van der Waals surface area contributed by atoms with E-state index >= 15 is 0 Å². The zero-order valence-corrected chi connectivity index (χ0v) is 22.3. The van der Waals surface area contributed by atoms with Crippen LogP contribution in [0.25, 0.3) is 0 Å². The van der Waals surface area contributed by atoms with Gasteiger partial charge in [0.1, 0.15) is 11.6 Å². The van der Waals surface area contributed by atoms with Gasteiger partial charge in [0.25, 0.3) is 5.56 Å². The van der Waals surface area contributed by atoms with Crippen molar-refractivity contribution in [3.8, 4) is 0 Å². The predicted octanol–water partition coefficient (Wildman–Crippen LogP) is 2.57. The SMILES string of the molecule is COC(=O)CN(Cc1c(C(=O)OC)cc(Br)c(=O)n1Cc1nccs1)S(=O)(=O)c1ccc(C)cc1. The Kier molecular flexibility index (Phi) is 8.59. The first-order chi connectivity index (χ1) is 16.6. The van der Waals surface area contributed by atoms with Crippen LogP contribution in [-0.2, 0) is 37.4 Å². The molecule has 0 spiro atoms. The molecule has 0 aliphatic heterocycles. The fourth-order valence-corrected chi connectivity index (χ4v) is 5.61. The van der Waals surface area contributed by atoms with Gasteiger partial charge in [-0.2, -0.15) is 4.31 Å². The van der Waals surface area contributed by atoms with Crippen molar-refractivity contribution in [1.29, 1.82) is 0 Å². The summed E-state index contributed by atoms with van der Waals surface area (Å²) >= 11 is 4.46. The van der Waals surface area contributed by atoms with Crippen molar-refractivity contribution in [3.05, 3.63) is 78.6 Å². The highest BCUT2D eigenvalue weighted by Crippen LogP contribution is 2.23. The second-order valence-electron chi connectivity index (χ2n) is 7.32. The molecule has 10 nitrogen and oxygen atoms in total. The molecule has 0 atom stereocenters. The molecule has 2 heterocycles. The van der Waals surface area contributed by atoms with Crippen LogP contribution in [0.15, 0.2) is 56.1 Å². The lowest BCUT2D eigenvalue weighted by Crippen LogP contribution is -2.39. The number of aryl methyl sites for hydroxylation is 1. The van der Waals surface area contributed by atoms with Crippen LogP contribution in [0.4, 0.5) is 0 Å². The zero-order chi connectivity index (χ0) is 25.8. The van der Waals surface area contributed by atoms with Crippen LogP contribution in [0, 0.1) is 6.92 Å². The molecule has 186 valence electrons. The van der Waals surface area contributed by atoms with Crippen LogP contribution in [0.2, 0.25) is 0 Å². The number of halogens is 1. The average molecular weight is 584 g/mol. The van der Waals surface area contributed by atoms with Crippen molar-refractivity contribution in [2.75, 3.05) is 20.8 Å². The summed E-state index contributed by atoms with van der Waals surface area (Å²) in [6.07, 6.45) is 1.56. The first-order valence-electron chi connectivity index (χ1n) is 10.1. The standard InChI is InChI=1S/C22H22BrN3O7S2/c1-14-4-6-15(7-5-14)35(30,31)25(13-20(27)32-2)11-18-16(22(29)33-3)10-17(23)21(28)26(18)12-19-24-8-9-34-19/h4-10H,11-13H2,1-3H3. The predicted molar refractivity (Wildman–Crippen MR) is 132 cm³/mol. The molecule has 3 aromatic rings. The molecule has 13 heteroatoms. The van der Waals surface area contributed by atoms with Gasteiger partial charge >= 0.3 is 11.9 Å². The molecule has 0 bridgehead atoms. The fraction of sp³-hybridized carbons (Fsp3) is 0.273. The van der Waals surface area contributed by atoms with E-state index in [0.717, 1.165) is 17.0 Å². The quantitative estimate of drug-likeness (QED) is 0.352. The van der Waals surface area contributed by atoms with Crippen molar-refractivity contribution < 1.29 is 27.5 Å². The molecule has 0 radical (unpaired) electrons. The fourth-order valence-electron chi connectivity index (χ4n) is 3.22. The maximum atomic E-state index is 13.5. The number of carbonyl (C=O) groups is 2. The largest absolute Gasteiger partial charge is 0.468 e. The maximum Gasteiger partial charge on any atom is 0.339 e. The van der Waals surface area contributed by atoms with Crippen LogP contribution >= 0.6 is 27.3 Å². The number of benzene rings is 1. The highest BCUT2D eigenvalue weighted by molar-refractivity contribution is 9.10. The molecule has 0 aliphatic carbocycles. The normalized spacial score (nSPS) is 11.5. The Balaban J connectivity index is 2.21. The second-order valence-corrected chi connectivity index (χ2v) is 11.1. The number of pyridine rings is 1. The molecular weight excluding hydrogens is 562 g/mol. The number of hydrogen-bond donors (Lipinski definition) is 0. The minimum absolute atomic E-state index is 0.0219. The number of hydrogen-bond acceptors (Lipinski definition) is 9. The van der Waals surface area contributed by atoms with Gasteiger partial charge in [-0.05, 0) is 41.1 Å². The Hall–Kier alpha value is -2.87. The number of carbonyl (C=O) groups excluding carboxylic acids is 2. The Morgan fingerprint density at radius 2 is 1.86 bits per heavy atom. The zero-order valence-electron chi connectivity index (χ0n) is 19.1. The van der Waals surface area contributed by atoms with E-state index in [0.29, 0.717) is 5.01 Å². The minimum atomic E-state index is -4.23. The number of methoxy groups -OCH3 is 2. The van der Waals surface area contributed by atoms with Gasteiger partial charge in [0, 0.05) is 11.6 Å². The highest BCUT2D eigenvalue weighted by Gasteiger charge is 2.31. The van der Waals surface area contributed by atoms with Crippen LogP contribution in [0.1, 0.15) is 26.6 Å². The van der Waals surface area contributed by atoms with Crippen LogP contribution in [0.3, 0.4) is 0 Å². The van der Waals surface area contributed by atoms with E-state index in [4.69, 9.17) is 9.47 Å². The number of nitrogens with zero attached hydrogens (tertiary/aromatic N) is 3. The number of ether oxygens (including phenoxy) is 2. The highest BCUT2D eigenvalue weighted by atomic mass is 79.9. The van der Waals surface area contributed by atoms with Gasteiger partial charge in [0.05, 0.1) is 47.9 Å². The van der Waals surface area contributed by atoms with E-state index in [9.17, 15) is 22.8 Å². The van der Waals surface area contributed by atoms with Gasteiger partial charge in [-0.15, -0.1) is 11.3 Å². The Bertz CT molecular complexity index is 1390. The Morgan fingerprint density at radius 1 is 1.17 bits per heavy atom. The summed E-state index contributed by atoms with van der Waals surface area (Å²) < 4.78 is 38.8. The maximum absolute atomic E-state index is 13.5. The third-order valence-corrected chi connectivity index (χ3v) is 8.20. The molecule has 0 N–H and O–H groups in total. The molecular formula is C22H22BrN3O7S2. The van der Waals surface area contributed by atoms with Crippen molar-refractivity contribution in [3.63, 3.8) is 0 Å². The van der Waals surface area contributed by atoms with Crippen LogP contribution < -0.4 is 5.56 Å². The summed E-state index contributed by atoms with van der Waals surface area (Å²) in [4.78, 5) is 42.0. The lowest BCUT2D eigenvalue weighted by molar-refractivity contribution is -0.140. The number of sulfonamides is 1. The van der Waals surface area contributed by atoms with E-state index < -0.39 is 40.6 Å². The molecule has 0 fully saturated rings. The van der Waals surface area contributed by atoms with E-state index in [-0.39, 0.29) is 27.2 Å². The topological polar surface area (TPSA) is 125 Å². The van der Waals surface area contributed by atoms with Gasteiger partial charge in [0.15, 0.2) is 0 Å². The first kappa shape index (κ1) is 26.7. The summed E-state index contributed by atoms with van der Waals surface area (Å²) in [6, 6.07) is 7.36. The van der Waals surface area contributed by atoms with Crippen molar-refractivity contribution in [1.82, 2.24) is 13.9 Å². The van der Waals surface area contributed by atoms with E-state index in [1.165, 1.54) is 41.2 Å². The van der Waals surface area contributed by atoms with Crippen LogP contribution in [-0.4, -0.2) is 55.0 Å². The summed E-state index contributed by atoms with van der Waals surface area (Å²) in [5.41, 5.74) is 0.347. The molecule has 3 rings (SSSR count). The Labute approximate surface area is 214 Å². The van der Waals surface area contributed by atoms with E-state index in [2.05, 4.69) is 20.9 Å². The second kappa shape index (κ2) is 11.2. The van der Waals surface area contributed by atoms with Gasteiger partial charge in [0.2, 0.25) is 10.0 Å². The van der Waals surface area contributed by atoms with Gasteiger partial charge in [-0.3, -0.25) is 9.59 Å². The first-order valence-corrected chi connectivity index (χ1v) is 13.2. The number of rotatable bonds is 9. The van der Waals surface area contributed by atoms with Crippen LogP contribution in [0.5, 0.6) is 0 Å². The lowest BCUT2D eigenvalue weighted by Gasteiger charge is -2.24. The monoisotopic (exact) mass is 583 g/mol. The Morgan fingerprint density at radius 3 is 2.43 bits per heavy atom. The van der Waals surface area contributed by atoms with Crippen molar-refractivity contribution in [2.45, 2.75) is 24.9 Å². The number of esters is 2. The van der Waals surface area contributed by atoms with Gasteiger partial charge in [-0.25, -0.2) is 18.2 Å². The molecule has 0 amide bonds. The summed E-state index contributed by atoms with van der Waals surface area (Å²) in [6.45, 7) is 0.661. The summed E-state index contributed by atoms with van der Waals surface area (Å²) in [5.74, 6) is -1.59.